The van der Waals surface area contributed by atoms with Crippen molar-refractivity contribution in [3.05, 3.63) is 70.3 Å². The number of hydrogen-bond donors (Lipinski definition) is 1. The minimum absolute atomic E-state index is 0.484. The number of piperidine rings is 1. The van der Waals surface area contributed by atoms with Gasteiger partial charge in [-0.3, -0.25) is 4.90 Å². The quantitative estimate of drug-likeness (QED) is 0.403. The van der Waals surface area contributed by atoms with Gasteiger partial charge in [-0.15, -0.1) is 5.10 Å². The minimum atomic E-state index is 0.484. The second kappa shape index (κ2) is 10.6. The van der Waals surface area contributed by atoms with Crippen LogP contribution in [0.25, 0.3) is 0 Å². The van der Waals surface area contributed by atoms with Gasteiger partial charge in [0.1, 0.15) is 0 Å². The number of hydrogen-bond acceptors (Lipinski definition) is 4. The Labute approximate surface area is 179 Å². The number of nitrogens with zero attached hydrogens (tertiary/aromatic N) is 3. The molecule has 154 valence electrons. The maximum atomic E-state index is 6.02. The molecule has 1 heterocycles. The van der Waals surface area contributed by atoms with E-state index >= 15 is 0 Å². The fourth-order valence-corrected chi connectivity index (χ4v) is 4.39. The molecule has 2 aromatic carbocycles. The molecule has 0 amide bonds. The van der Waals surface area contributed by atoms with Crippen molar-refractivity contribution >= 4 is 23.1 Å². The van der Waals surface area contributed by atoms with E-state index in [0.29, 0.717) is 11.2 Å². The van der Waals surface area contributed by atoms with Crippen LogP contribution in [0.5, 0.6) is 0 Å². The van der Waals surface area contributed by atoms with E-state index in [4.69, 9.17) is 5.73 Å². The first kappa shape index (κ1) is 21.6. The average Bonchev–Trinajstić information content (AvgIpc) is 2.72. The standard InChI is InChI=1S/C24H32N4S/c1-18-13-22(15-26-27-24(25)29-17-21-10-5-4-6-11-21)20(3)23(14-18)16-28-12-8-7-9-19(28)2/h4-6,10-11,13-15,19H,7-9,12,16-17H2,1-3H3,(H2,25,27). The molecule has 1 unspecified atom stereocenters. The number of amidine groups is 1. The van der Waals surface area contributed by atoms with Crippen LogP contribution in [-0.2, 0) is 12.3 Å². The summed E-state index contributed by atoms with van der Waals surface area (Å²) in [6.45, 7) is 8.87. The number of thioether (sulfide) groups is 1. The summed E-state index contributed by atoms with van der Waals surface area (Å²) in [5.74, 6) is 0.799. The fourth-order valence-electron chi connectivity index (χ4n) is 3.78. The van der Waals surface area contributed by atoms with Crippen molar-refractivity contribution in [2.75, 3.05) is 6.54 Å². The lowest BCUT2D eigenvalue weighted by Gasteiger charge is -2.34. The van der Waals surface area contributed by atoms with Crippen LogP contribution in [0.3, 0.4) is 0 Å². The first-order valence-electron chi connectivity index (χ1n) is 10.4. The number of aryl methyl sites for hydroxylation is 1. The molecule has 1 atom stereocenters. The van der Waals surface area contributed by atoms with Crippen LogP contribution in [0, 0.1) is 13.8 Å². The van der Waals surface area contributed by atoms with E-state index in [-0.39, 0.29) is 0 Å². The molecular weight excluding hydrogens is 376 g/mol. The molecule has 2 aromatic rings. The number of rotatable bonds is 6. The third kappa shape index (κ3) is 6.44. The summed E-state index contributed by atoms with van der Waals surface area (Å²) in [4.78, 5) is 2.60. The molecule has 4 nitrogen and oxygen atoms in total. The maximum Gasteiger partial charge on any atom is 0.180 e. The predicted octanol–water partition coefficient (Wildman–Crippen LogP) is 5.26. The molecule has 1 saturated heterocycles. The number of benzene rings is 2. The third-order valence-corrected chi connectivity index (χ3v) is 6.45. The highest BCUT2D eigenvalue weighted by Crippen LogP contribution is 2.23. The van der Waals surface area contributed by atoms with Gasteiger partial charge in [-0.05, 0) is 62.4 Å². The van der Waals surface area contributed by atoms with Gasteiger partial charge in [0.25, 0.3) is 0 Å². The molecule has 1 aliphatic rings. The highest BCUT2D eigenvalue weighted by Gasteiger charge is 2.19. The first-order chi connectivity index (χ1) is 14.0. The molecule has 0 aromatic heterocycles. The van der Waals surface area contributed by atoms with E-state index in [2.05, 4.69) is 60.1 Å². The van der Waals surface area contributed by atoms with Crippen LogP contribution >= 0.6 is 11.8 Å². The van der Waals surface area contributed by atoms with Gasteiger partial charge in [0.15, 0.2) is 5.17 Å². The summed E-state index contributed by atoms with van der Waals surface area (Å²) in [6, 6.07) is 15.4. The Morgan fingerprint density at radius 3 is 2.76 bits per heavy atom. The monoisotopic (exact) mass is 408 g/mol. The Balaban J connectivity index is 1.65. The Kier molecular flexibility index (Phi) is 7.90. The lowest BCUT2D eigenvalue weighted by atomic mass is 9.97. The zero-order chi connectivity index (χ0) is 20.6. The van der Waals surface area contributed by atoms with Gasteiger partial charge in [0.2, 0.25) is 0 Å². The normalized spacial score (nSPS) is 18.4. The van der Waals surface area contributed by atoms with Gasteiger partial charge in [0.05, 0.1) is 6.21 Å². The molecule has 0 bridgehead atoms. The lowest BCUT2D eigenvalue weighted by Crippen LogP contribution is -2.37. The van der Waals surface area contributed by atoms with Gasteiger partial charge < -0.3 is 5.73 Å². The Hall–Kier alpha value is -2.11. The number of nitrogens with two attached hydrogens (primary N) is 1. The molecule has 1 aliphatic heterocycles. The Bertz CT molecular complexity index is 861. The van der Waals surface area contributed by atoms with Gasteiger partial charge in [0, 0.05) is 18.3 Å². The number of likely N-dealkylation sites (tertiary alicyclic amines) is 1. The van der Waals surface area contributed by atoms with Crippen molar-refractivity contribution in [1.29, 1.82) is 0 Å². The molecule has 0 radical (unpaired) electrons. The van der Waals surface area contributed by atoms with E-state index < -0.39 is 0 Å². The van der Waals surface area contributed by atoms with Crippen LogP contribution in [0.4, 0.5) is 0 Å². The van der Waals surface area contributed by atoms with Crippen molar-refractivity contribution in [3.63, 3.8) is 0 Å². The van der Waals surface area contributed by atoms with Gasteiger partial charge in [-0.1, -0.05) is 66.2 Å². The van der Waals surface area contributed by atoms with E-state index in [9.17, 15) is 0 Å². The van der Waals surface area contributed by atoms with Crippen molar-refractivity contribution in [2.24, 2.45) is 15.9 Å². The van der Waals surface area contributed by atoms with Gasteiger partial charge >= 0.3 is 0 Å². The van der Waals surface area contributed by atoms with Gasteiger partial charge in [-0.25, -0.2) is 0 Å². The summed E-state index contributed by atoms with van der Waals surface area (Å²) < 4.78 is 0. The predicted molar refractivity (Wildman–Crippen MR) is 127 cm³/mol. The highest BCUT2D eigenvalue weighted by atomic mass is 32.2. The van der Waals surface area contributed by atoms with E-state index in [1.807, 2.05) is 24.4 Å². The van der Waals surface area contributed by atoms with Crippen LogP contribution in [0.2, 0.25) is 0 Å². The zero-order valence-corrected chi connectivity index (χ0v) is 18.6. The summed E-state index contributed by atoms with van der Waals surface area (Å²) in [7, 11) is 0. The molecule has 3 rings (SSSR count). The topological polar surface area (TPSA) is 54.0 Å². The van der Waals surface area contributed by atoms with E-state index in [1.54, 1.807) is 0 Å². The van der Waals surface area contributed by atoms with Crippen molar-refractivity contribution < 1.29 is 0 Å². The molecular formula is C24H32N4S. The van der Waals surface area contributed by atoms with E-state index in [1.165, 1.54) is 59.8 Å². The minimum Gasteiger partial charge on any atom is -0.377 e. The molecule has 2 N–H and O–H groups in total. The molecule has 0 aliphatic carbocycles. The lowest BCUT2D eigenvalue weighted by molar-refractivity contribution is 0.152. The smallest absolute Gasteiger partial charge is 0.180 e. The molecule has 1 fully saturated rings. The van der Waals surface area contributed by atoms with Crippen LogP contribution in [0.15, 0.2) is 52.7 Å². The second-order valence-electron chi connectivity index (χ2n) is 7.91. The second-order valence-corrected chi connectivity index (χ2v) is 8.91. The van der Waals surface area contributed by atoms with Crippen LogP contribution in [0.1, 0.15) is 54.0 Å². The maximum absolute atomic E-state index is 6.02. The summed E-state index contributed by atoms with van der Waals surface area (Å²) in [5, 5.41) is 8.93. The highest BCUT2D eigenvalue weighted by molar-refractivity contribution is 8.13. The summed E-state index contributed by atoms with van der Waals surface area (Å²) in [6.07, 6.45) is 5.79. The summed E-state index contributed by atoms with van der Waals surface area (Å²) in [5.41, 5.74) is 12.3. The first-order valence-corrected chi connectivity index (χ1v) is 11.4. The molecule has 0 saturated carbocycles. The van der Waals surface area contributed by atoms with E-state index in [0.717, 1.165) is 17.9 Å². The molecule has 0 spiro atoms. The van der Waals surface area contributed by atoms with Crippen molar-refractivity contribution in [3.8, 4) is 0 Å². The van der Waals surface area contributed by atoms with Crippen LogP contribution < -0.4 is 5.73 Å². The molecule has 29 heavy (non-hydrogen) atoms. The van der Waals surface area contributed by atoms with Crippen LogP contribution in [-0.4, -0.2) is 28.9 Å². The Morgan fingerprint density at radius 1 is 1.21 bits per heavy atom. The SMILES string of the molecule is Cc1cc(C=NN=C(N)SCc2ccccc2)c(C)c(CN2CCCCC2C)c1. The fraction of sp³-hybridized carbons (Fsp3) is 0.417. The van der Waals surface area contributed by atoms with Gasteiger partial charge in [-0.2, -0.15) is 5.10 Å². The van der Waals surface area contributed by atoms with Crippen molar-refractivity contribution in [1.82, 2.24) is 4.90 Å². The molecule has 5 heteroatoms. The zero-order valence-electron chi connectivity index (χ0n) is 17.8. The summed E-state index contributed by atoms with van der Waals surface area (Å²) >= 11 is 1.51. The Morgan fingerprint density at radius 2 is 2.00 bits per heavy atom. The van der Waals surface area contributed by atoms with Crippen molar-refractivity contribution in [2.45, 2.75) is 58.4 Å². The largest absolute Gasteiger partial charge is 0.377 e. The average molecular weight is 409 g/mol. The third-order valence-electron chi connectivity index (χ3n) is 5.60.